The molecule has 1 saturated heterocycles. The van der Waals surface area contributed by atoms with Crippen LogP contribution in [-0.2, 0) is 0 Å². The quantitative estimate of drug-likeness (QED) is 0.528. The molecule has 1 aliphatic rings. The van der Waals surface area contributed by atoms with Gasteiger partial charge in [0.05, 0.1) is 15.7 Å². The molecule has 6 heteroatoms. The monoisotopic (exact) mass is 403 g/mol. The highest BCUT2D eigenvalue weighted by molar-refractivity contribution is 6.42. The standard InChI is InChI=1S/C20H16Cl3N3/c21-16-4-1-13(2-5-16)15-9-10-26(12-15)20-8-7-19(24-25-20)14-3-6-17(22)18(23)11-14/h1-8,11,15H,9-10,12H2. The lowest BCUT2D eigenvalue weighted by Crippen LogP contribution is -2.20. The minimum absolute atomic E-state index is 0.490. The van der Waals surface area contributed by atoms with E-state index in [2.05, 4.69) is 27.2 Å². The van der Waals surface area contributed by atoms with E-state index in [1.54, 1.807) is 12.1 Å². The smallest absolute Gasteiger partial charge is 0.151 e. The first-order chi connectivity index (χ1) is 12.6. The number of aromatic nitrogens is 2. The van der Waals surface area contributed by atoms with Gasteiger partial charge in [-0.2, -0.15) is 0 Å². The van der Waals surface area contributed by atoms with Gasteiger partial charge in [0, 0.05) is 29.6 Å². The largest absolute Gasteiger partial charge is 0.354 e. The van der Waals surface area contributed by atoms with Crippen molar-refractivity contribution in [2.75, 3.05) is 18.0 Å². The van der Waals surface area contributed by atoms with Crippen LogP contribution in [-0.4, -0.2) is 23.3 Å². The van der Waals surface area contributed by atoms with Crippen molar-refractivity contribution in [1.82, 2.24) is 10.2 Å². The summed E-state index contributed by atoms with van der Waals surface area (Å²) in [6.07, 6.45) is 1.10. The molecule has 0 amide bonds. The number of anilines is 1. The predicted octanol–water partition coefficient (Wildman–Crippen LogP) is 6.10. The van der Waals surface area contributed by atoms with E-state index in [4.69, 9.17) is 34.8 Å². The highest BCUT2D eigenvalue weighted by atomic mass is 35.5. The summed E-state index contributed by atoms with van der Waals surface area (Å²) in [6, 6.07) is 17.6. The van der Waals surface area contributed by atoms with Gasteiger partial charge in [0.2, 0.25) is 0 Å². The van der Waals surface area contributed by atoms with E-state index in [0.717, 1.165) is 41.6 Å². The number of nitrogens with zero attached hydrogens (tertiary/aromatic N) is 3. The summed E-state index contributed by atoms with van der Waals surface area (Å²) >= 11 is 18.0. The fourth-order valence-corrected chi connectivity index (χ4v) is 3.70. The van der Waals surface area contributed by atoms with Crippen molar-refractivity contribution >= 4 is 40.6 Å². The first kappa shape index (κ1) is 17.6. The maximum absolute atomic E-state index is 6.09. The summed E-state index contributed by atoms with van der Waals surface area (Å²) in [6.45, 7) is 1.90. The Kier molecular flexibility index (Phi) is 5.03. The van der Waals surface area contributed by atoms with Crippen LogP contribution in [0.5, 0.6) is 0 Å². The zero-order valence-electron chi connectivity index (χ0n) is 13.9. The van der Waals surface area contributed by atoms with E-state index in [1.807, 2.05) is 30.3 Å². The lowest BCUT2D eigenvalue weighted by molar-refractivity contribution is 0.773. The topological polar surface area (TPSA) is 29.0 Å². The Morgan fingerprint density at radius 1 is 0.846 bits per heavy atom. The summed E-state index contributed by atoms with van der Waals surface area (Å²) in [5, 5.41) is 10.6. The first-order valence-electron chi connectivity index (χ1n) is 8.40. The first-order valence-corrected chi connectivity index (χ1v) is 9.53. The fraction of sp³-hybridized carbons (Fsp3) is 0.200. The summed E-state index contributed by atoms with van der Waals surface area (Å²) in [5.41, 5.74) is 3.00. The van der Waals surface area contributed by atoms with Crippen LogP contribution in [0, 0.1) is 0 Å². The van der Waals surface area contributed by atoms with Gasteiger partial charge < -0.3 is 4.90 Å². The van der Waals surface area contributed by atoms with Crippen molar-refractivity contribution < 1.29 is 0 Å². The number of benzene rings is 2. The Bertz CT molecular complexity index is 911. The number of hydrogen-bond donors (Lipinski definition) is 0. The van der Waals surface area contributed by atoms with Crippen LogP contribution in [0.2, 0.25) is 15.1 Å². The van der Waals surface area contributed by atoms with Crippen LogP contribution in [0.15, 0.2) is 54.6 Å². The zero-order chi connectivity index (χ0) is 18.1. The van der Waals surface area contributed by atoms with Crippen molar-refractivity contribution in [3.05, 3.63) is 75.2 Å². The van der Waals surface area contributed by atoms with Crippen molar-refractivity contribution in [1.29, 1.82) is 0 Å². The summed E-state index contributed by atoms with van der Waals surface area (Å²) < 4.78 is 0. The maximum Gasteiger partial charge on any atom is 0.151 e. The Hall–Kier alpha value is -1.81. The van der Waals surface area contributed by atoms with Crippen LogP contribution in [0.1, 0.15) is 17.9 Å². The second-order valence-electron chi connectivity index (χ2n) is 6.39. The van der Waals surface area contributed by atoms with E-state index in [0.29, 0.717) is 16.0 Å². The van der Waals surface area contributed by atoms with Gasteiger partial charge in [-0.1, -0.05) is 53.0 Å². The molecule has 0 radical (unpaired) electrons. The molecule has 1 aromatic heterocycles. The second-order valence-corrected chi connectivity index (χ2v) is 7.64. The van der Waals surface area contributed by atoms with Crippen molar-refractivity contribution in [2.45, 2.75) is 12.3 Å². The van der Waals surface area contributed by atoms with Gasteiger partial charge in [-0.05, 0) is 48.4 Å². The fourth-order valence-electron chi connectivity index (χ4n) is 3.28. The van der Waals surface area contributed by atoms with E-state index < -0.39 is 0 Å². The number of halogens is 3. The molecule has 26 heavy (non-hydrogen) atoms. The van der Waals surface area contributed by atoms with Crippen LogP contribution in [0.25, 0.3) is 11.3 Å². The van der Waals surface area contributed by atoms with E-state index in [-0.39, 0.29) is 0 Å². The molecule has 0 saturated carbocycles. The molecule has 3 nitrogen and oxygen atoms in total. The summed E-state index contributed by atoms with van der Waals surface area (Å²) in [7, 11) is 0. The lowest BCUT2D eigenvalue weighted by atomic mass is 9.99. The molecule has 2 heterocycles. The van der Waals surface area contributed by atoms with E-state index >= 15 is 0 Å². The van der Waals surface area contributed by atoms with Gasteiger partial charge in [-0.25, -0.2) is 0 Å². The second kappa shape index (κ2) is 7.43. The lowest BCUT2D eigenvalue weighted by Gasteiger charge is -2.17. The van der Waals surface area contributed by atoms with Crippen molar-refractivity contribution in [3.63, 3.8) is 0 Å². The number of rotatable bonds is 3. The molecule has 1 fully saturated rings. The molecule has 1 unspecified atom stereocenters. The Morgan fingerprint density at radius 3 is 2.35 bits per heavy atom. The van der Waals surface area contributed by atoms with Crippen molar-refractivity contribution in [3.8, 4) is 11.3 Å². The molecule has 2 aromatic carbocycles. The summed E-state index contributed by atoms with van der Waals surface area (Å²) in [5.74, 6) is 1.38. The Labute approximate surface area is 167 Å². The predicted molar refractivity (Wildman–Crippen MR) is 109 cm³/mol. The van der Waals surface area contributed by atoms with Crippen LogP contribution < -0.4 is 4.90 Å². The van der Waals surface area contributed by atoms with Crippen molar-refractivity contribution in [2.24, 2.45) is 0 Å². The van der Waals surface area contributed by atoms with Crippen LogP contribution >= 0.6 is 34.8 Å². The Morgan fingerprint density at radius 2 is 1.65 bits per heavy atom. The SMILES string of the molecule is Clc1ccc(C2CCN(c3ccc(-c4ccc(Cl)c(Cl)c4)nn3)C2)cc1. The molecule has 0 bridgehead atoms. The number of hydrogen-bond acceptors (Lipinski definition) is 3. The molecular formula is C20H16Cl3N3. The molecule has 4 rings (SSSR count). The molecule has 1 atom stereocenters. The molecule has 0 N–H and O–H groups in total. The summed E-state index contributed by atoms with van der Waals surface area (Å²) in [4.78, 5) is 2.27. The molecular weight excluding hydrogens is 389 g/mol. The molecule has 132 valence electrons. The third-order valence-electron chi connectivity index (χ3n) is 4.72. The highest BCUT2D eigenvalue weighted by Crippen LogP contribution is 2.31. The molecule has 0 spiro atoms. The minimum atomic E-state index is 0.490. The van der Waals surface area contributed by atoms with Crippen LogP contribution in [0.3, 0.4) is 0 Å². The van der Waals surface area contributed by atoms with E-state index in [1.165, 1.54) is 5.56 Å². The molecule has 0 aliphatic carbocycles. The van der Waals surface area contributed by atoms with Gasteiger partial charge in [0.1, 0.15) is 0 Å². The van der Waals surface area contributed by atoms with Crippen LogP contribution in [0.4, 0.5) is 5.82 Å². The van der Waals surface area contributed by atoms with E-state index in [9.17, 15) is 0 Å². The van der Waals surface area contributed by atoms with Gasteiger partial charge >= 0.3 is 0 Å². The van der Waals surface area contributed by atoms with Gasteiger partial charge in [0.25, 0.3) is 0 Å². The third-order valence-corrected chi connectivity index (χ3v) is 5.71. The third kappa shape index (κ3) is 3.66. The molecule has 3 aromatic rings. The highest BCUT2D eigenvalue weighted by Gasteiger charge is 2.25. The maximum atomic E-state index is 6.09. The van der Waals surface area contributed by atoms with Gasteiger partial charge in [-0.3, -0.25) is 0 Å². The minimum Gasteiger partial charge on any atom is -0.354 e. The average Bonchev–Trinajstić information content (AvgIpc) is 3.15. The molecule has 1 aliphatic heterocycles. The van der Waals surface area contributed by atoms with Gasteiger partial charge in [-0.15, -0.1) is 10.2 Å². The Balaban J connectivity index is 1.49. The average molecular weight is 405 g/mol. The van der Waals surface area contributed by atoms with Gasteiger partial charge in [0.15, 0.2) is 5.82 Å². The zero-order valence-corrected chi connectivity index (χ0v) is 16.1. The normalized spacial score (nSPS) is 16.9.